The first-order valence-electron chi connectivity index (χ1n) is 6.08. The van der Waals surface area contributed by atoms with E-state index >= 15 is 0 Å². The van der Waals surface area contributed by atoms with Crippen LogP contribution in [0.3, 0.4) is 0 Å². The number of hydrogen-bond donors (Lipinski definition) is 2. The Hall–Kier alpha value is -1.97. The van der Waals surface area contributed by atoms with Crippen LogP contribution in [-0.2, 0) is 9.84 Å². The molecule has 0 bridgehead atoms. The Morgan fingerprint density at radius 3 is 2.50 bits per heavy atom. The molecule has 1 aromatic rings. The fourth-order valence-corrected chi connectivity index (χ4v) is 1.84. The molecule has 22 heavy (non-hydrogen) atoms. The molecule has 0 saturated carbocycles. The number of nitrogens with one attached hydrogen (secondary N) is 2. The lowest BCUT2D eigenvalue weighted by Crippen LogP contribution is -2.32. The van der Waals surface area contributed by atoms with E-state index in [-0.39, 0.29) is 23.7 Å². The molecular formula is C12H15F3N2O4S. The Balaban J connectivity index is 2.59. The number of ether oxygens (including phenoxy) is 1. The number of sulfone groups is 1. The third-order valence-electron chi connectivity index (χ3n) is 2.29. The summed E-state index contributed by atoms with van der Waals surface area (Å²) in [5.41, 5.74) is 0.0450. The van der Waals surface area contributed by atoms with Gasteiger partial charge in [-0.1, -0.05) is 12.1 Å². The van der Waals surface area contributed by atoms with E-state index in [4.69, 9.17) is 0 Å². The van der Waals surface area contributed by atoms with Crippen molar-refractivity contribution in [3.63, 3.8) is 0 Å². The molecule has 6 nitrogen and oxygen atoms in total. The highest BCUT2D eigenvalue weighted by Gasteiger charge is 2.28. The Morgan fingerprint density at radius 2 is 1.91 bits per heavy atom. The minimum atomic E-state index is -4.50. The molecule has 2 N–H and O–H groups in total. The fraction of sp³-hybridized carbons (Fsp3) is 0.417. The number of halogens is 3. The van der Waals surface area contributed by atoms with Crippen LogP contribution >= 0.6 is 0 Å². The number of rotatable bonds is 6. The Bertz CT molecular complexity index is 617. The lowest BCUT2D eigenvalue weighted by atomic mass is 10.3. The molecule has 0 spiro atoms. The van der Waals surface area contributed by atoms with E-state index in [1.54, 1.807) is 0 Å². The number of hydrogen-bond acceptors (Lipinski definition) is 4. The molecule has 0 atom stereocenters. The summed E-state index contributed by atoms with van der Waals surface area (Å²) in [6.45, 7) is -1.60. The molecule has 0 heterocycles. The van der Waals surface area contributed by atoms with Crippen LogP contribution < -0.4 is 15.4 Å². The summed E-state index contributed by atoms with van der Waals surface area (Å²) in [5, 5.41) is 4.58. The van der Waals surface area contributed by atoms with E-state index in [9.17, 15) is 26.4 Å². The number of alkyl halides is 3. The first-order chi connectivity index (χ1) is 10.1. The quantitative estimate of drug-likeness (QED) is 0.827. The maximum atomic E-state index is 12.1. The second-order valence-electron chi connectivity index (χ2n) is 4.41. The van der Waals surface area contributed by atoms with Crippen LogP contribution in [0.5, 0.6) is 5.75 Å². The fourth-order valence-electron chi connectivity index (χ4n) is 1.37. The first kappa shape index (κ1) is 18.1. The van der Waals surface area contributed by atoms with Crippen LogP contribution in [0.4, 0.5) is 23.7 Å². The van der Waals surface area contributed by atoms with Crippen LogP contribution in [0.1, 0.15) is 0 Å². The summed E-state index contributed by atoms with van der Waals surface area (Å²) in [6.07, 6.45) is -3.47. The van der Waals surface area contributed by atoms with Crippen molar-refractivity contribution < 1.29 is 31.1 Å². The molecule has 2 amide bonds. The highest BCUT2D eigenvalue weighted by molar-refractivity contribution is 7.90. The minimum Gasteiger partial charge on any atom is -0.482 e. The van der Waals surface area contributed by atoms with E-state index in [1.165, 1.54) is 24.3 Å². The third-order valence-corrected chi connectivity index (χ3v) is 3.23. The molecule has 0 aliphatic heterocycles. The van der Waals surface area contributed by atoms with Gasteiger partial charge < -0.3 is 15.4 Å². The zero-order valence-corrected chi connectivity index (χ0v) is 12.4. The SMILES string of the molecule is CS(=O)(=O)CCNC(=O)Nc1ccccc1OCC(F)(F)F. The summed E-state index contributed by atoms with van der Waals surface area (Å²) in [7, 11) is -3.22. The average Bonchev–Trinajstić information content (AvgIpc) is 2.35. The summed E-state index contributed by atoms with van der Waals surface area (Å²) < 4.78 is 62.8. The highest BCUT2D eigenvalue weighted by atomic mass is 32.2. The maximum Gasteiger partial charge on any atom is 0.422 e. The molecule has 0 fully saturated rings. The Morgan fingerprint density at radius 1 is 1.27 bits per heavy atom. The molecule has 124 valence electrons. The molecule has 0 aliphatic rings. The van der Waals surface area contributed by atoms with Crippen LogP contribution in [0, 0.1) is 0 Å². The molecular weight excluding hydrogens is 325 g/mol. The third kappa shape index (κ3) is 7.72. The maximum absolute atomic E-state index is 12.1. The van der Waals surface area contributed by atoms with Gasteiger partial charge in [-0.2, -0.15) is 13.2 Å². The topological polar surface area (TPSA) is 84.5 Å². The first-order valence-corrected chi connectivity index (χ1v) is 8.14. The van der Waals surface area contributed by atoms with Gasteiger partial charge >= 0.3 is 12.2 Å². The van der Waals surface area contributed by atoms with E-state index in [0.29, 0.717) is 0 Å². The lowest BCUT2D eigenvalue weighted by molar-refractivity contribution is -0.153. The van der Waals surface area contributed by atoms with Crippen molar-refractivity contribution in [3.05, 3.63) is 24.3 Å². The number of anilines is 1. The van der Waals surface area contributed by atoms with Crippen LogP contribution in [-0.4, -0.2) is 45.8 Å². The predicted molar refractivity (Wildman–Crippen MR) is 74.7 cm³/mol. The van der Waals surface area contributed by atoms with Crippen molar-refractivity contribution >= 4 is 21.6 Å². The molecule has 0 aromatic heterocycles. The van der Waals surface area contributed by atoms with Gasteiger partial charge in [0, 0.05) is 12.8 Å². The number of benzene rings is 1. The standard InChI is InChI=1S/C12H15F3N2O4S/c1-22(19,20)7-6-16-11(18)17-9-4-2-3-5-10(9)21-8-12(13,14)15/h2-5H,6-8H2,1H3,(H2,16,17,18). The van der Waals surface area contributed by atoms with Crippen LogP contribution in [0.2, 0.25) is 0 Å². The monoisotopic (exact) mass is 340 g/mol. The van der Waals surface area contributed by atoms with Crippen molar-refractivity contribution in [3.8, 4) is 5.75 Å². The average molecular weight is 340 g/mol. The largest absolute Gasteiger partial charge is 0.482 e. The van der Waals surface area contributed by atoms with Gasteiger partial charge in [0.1, 0.15) is 15.6 Å². The molecule has 0 saturated heterocycles. The molecule has 10 heteroatoms. The number of carbonyl (C=O) groups excluding carboxylic acids is 1. The van der Waals surface area contributed by atoms with Gasteiger partial charge in [0.15, 0.2) is 6.61 Å². The van der Waals surface area contributed by atoms with E-state index in [0.717, 1.165) is 6.26 Å². The molecule has 0 unspecified atom stereocenters. The Labute approximate surface area is 125 Å². The van der Waals surface area contributed by atoms with Crippen molar-refractivity contribution in [2.24, 2.45) is 0 Å². The van der Waals surface area contributed by atoms with Gasteiger partial charge in [-0.05, 0) is 12.1 Å². The van der Waals surface area contributed by atoms with Gasteiger partial charge in [-0.3, -0.25) is 0 Å². The molecule has 1 rings (SSSR count). The summed E-state index contributed by atoms with van der Waals surface area (Å²) in [4.78, 5) is 11.6. The summed E-state index contributed by atoms with van der Waals surface area (Å²) in [5.74, 6) is -0.384. The molecule has 0 radical (unpaired) electrons. The van der Waals surface area contributed by atoms with Crippen molar-refractivity contribution in [2.45, 2.75) is 6.18 Å². The number of carbonyl (C=O) groups is 1. The molecule has 1 aromatic carbocycles. The molecule has 0 aliphatic carbocycles. The van der Waals surface area contributed by atoms with Gasteiger partial charge in [0.2, 0.25) is 0 Å². The zero-order valence-electron chi connectivity index (χ0n) is 11.6. The smallest absolute Gasteiger partial charge is 0.422 e. The van der Waals surface area contributed by atoms with Crippen molar-refractivity contribution in [2.75, 3.05) is 30.5 Å². The number of para-hydroxylation sites is 2. The predicted octanol–water partition coefficient (Wildman–Crippen LogP) is 1.79. The number of urea groups is 1. The minimum absolute atomic E-state index is 0.0450. The van der Waals surface area contributed by atoms with E-state index in [2.05, 4.69) is 15.4 Å². The van der Waals surface area contributed by atoms with Gasteiger partial charge in [-0.25, -0.2) is 13.2 Å². The van der Waals surface area contributed by atoms with Crippen LogP contribution in [0.15, 0.2) is 24.3 Å². The summed E-state index contributed by atoms with van der Waals surface area (Å²) >= 11 is 0. The lowest BCUT2D eigenvalue weighted by Gasteiger charge is -2.14. The highest BCUT2D eigenvalue weighted by Crippen LogP contribution is 2.26. The Kier molecular flexibility index (Phi) is 6.03. The second-order valence-corrected chi connectivity index (χ2v) is 6.67. The van der Waals surface area contributed by atoms with Gasteiger partial charge in [0.25, 0.3) is 0 Å². The van der Waals surface area contributed by atoms with Gasteiger partial charge in [-0.15, -0.1) is 0 Å². The van der Waals surface area contributed by atoms with Crippen LogP contribution in [0.25, 0.3) is 0 Å². The van der Waals surface area contributed by atoms with Crippen molar-refractivity contribution in [1.29, 1.82) is 0 Å². The second kappa shape index (κ2) is 7.34. The summed E-state index contributed by atoms with van der Waals surface area (Å²) in [6, 6.07) is 4.86. The van der Waals surface area contributed by atoms with Gasteiger partial charge in [0.05, 0.1) is 11.4 Å². The normalized spacial score (nSPS) is 11.8. The van der Waals surface area contributed by atoms with E-state index in [1.807, 2.05) is 0 Å². The number of amides is 2. The zero-order chi connectivity index (χ0) is 16.8. The van der Waals surface area contributed by atoms with Crippen molar-refractivity contribution in [1.82, 2.24) is 5.32 Å². The van der Waals surface area contributed by atoms with E-state index < -0.39 is 28.7 Å².